The van der Waals surface area contributed by atoms with E-state index in [9.17, 15) is 0 Å². The Labute approximate surface area is 136 Å². The zero-order valence-electron chi connectivity index (χ0n) is 13.4. The molecule has 1 heterocycles. The van der Waals surface area contributed by atoms with Crippen molar-refractivity contribution in [3.8, 4) is 11.5 Å². The van der Waals surface area contributed by atoms with Crippen molar-refractivity contribution in [1.82, 2.24) is 5.32 Å². The number of fused-ring (bicyclic) bond motifs is 1. The van der Waals surface area contributed by atoms with E-state index in [1.807, 2.05) is 30.0 Å². The molecule has 0 aromatic heterocycles. The van der Waals surface area contributed by atoms with Crippen LogP contribution in [0.15, 0.2) is 23.2 Å². The van der Waals surface area contributed by atoms with Crippen LogP contribution in [0.25, 0.3) is 0 Å². The summed E-state index contributed by atoms with van der Waals surface area (Å²) in [5.41, 5.74) is 0.946. The Hall–Kier alpha value is -1.56. The quantitative estimate of drug-likeness (QED) is 0.479. The van der Waals surface area contributed by atoms with Crippen molar-refractivity contribution in [2.24, 2.45) is 4.99 Å². The lowest BCUT2D eigenvalue weighted by molar-refractivity contribution is 0.297. The number of hydrogen-bond acceptors (Lipinski definition) is 4. The minimum atomic E-state index is 0.693. The van der Waals surface area contributed by atoms with E-state index in [4.69, 9.17) is 9.47 Å². The number of nitrogens with zero attached hydrogens (tertiary/aromatic N) is 1. The van der Waals surface area contributed by atoms with Crippen LogP contribution in [0.5, 0.6) is 11.5 Å². The summed E-state index contributed by atoms with van der Waals surface area (Å²) >= 11 is 1.88. The average Bonchev–Trinajstić information content (AvgIpc) is 2.78. The fourth-order valence-corrected chi connectivity index (χ4v) is 2.63. The van der Waals surface area contributed by atoms with Gasteiger partial charge in [0.25, 0.3) is 0 Å². The maximum Gasteiger partial charge on any atom is 0.195 e. The molecule has 1 aromatic carbocycles. The minimum absolute atomic E-state index is 0.693. The Bertz CT molecular complexity index is 494. The van der Waals surface area contributed by atoms with Gasteiger partial charge >= 0.3 is 0 Å². The first-order chi connectivity index (χ1) is 10.8. The molecule has 0 bridgehead atoms. The second-order valence-electron chi connectivity index (χ2n) is 5.04. The van der Waals surface area contributed by atoms with E-state index < -0.39 is 0 Å². The van der Waals surface area contributed by atoms with Gasteiger partial charge in [0.05, 0.1) is 13.2 Å². The van der Waals surface area contributed by atoms with Crippen molar-refractivity contribution in [2.45, 2.75) is 19.3 Å². The first-order valence-electron chi connectivity index (χ1n) is 7.69. The lowest BCUT2D eigenvalue weighted by atomic mass is 10.2. The van der Waals surface area contributed by atoms with Gasteiger partial charge in [0.15, 0.2) is 17.5 Å². The predicted molar refractivity (Wildman–Crippen MR) is 94.6 cm³/mol. The second kappa shape index (κ2) is 9.46. The molecule has 0 amide bonds. The molecule has 1 aliphatic heterocycles. The van der Waals surface area contributed by atoms with Crippen molar-refractivity contribution >= 4 is 23.4 Å². The zero-order chi connectivity index (χ0) is 15.6. The van der Waals surface area contributed by atoms with Gasteiger partial charge in [-0.15, -0.1) is 0 Å². The molecule has 0 saturated carbocycles. The molecule has 0 aliphatic carbocycles. The SMILES string of the molecule is CN=C(NCCCCSC)Nc1ccc2c(c1)OCCCO2. The van der Waals surface area contributed by atoms with Gasteiger partial charge < -0.3 is 20.1 Å². The van der Waals surface area contributed by atoms with Gasteiger partial charge in [0, 0.05) is 31.8 Å². The molecule has 0 unspecified atom stereocenters. The number of aliphatic imine (C=N–C) groups is 1. The van der Waals surface area contributed by atoms with Crippen molar-refractivity contribution < 1.29 is 9.47 Å². The Kier molecular flexibility index (Phi) is 7.22. The minimum Gasteiger partial charge on any atom is -0.490 e. The van der Waals surface area contributed by atoms with Gasteiger partial charge in [0.1, 0.15) is 0 Å². The number of nitrogens with one attached hydrogen (secondary N) is 2. The Morgan fingerprint density at radius 1 is 1.23 bits per heavy atom. The van der Waals surface area contributed by atoms with Gasteiger partial charge in [-0.25, -0.2) is 0 Å². The predicted octanol–water partition coefficient (Wildman–Crippen LogP) is 2.98. The van der Waals surface area contributed by atoms with Crippen LogP contribution in [0.4, 0.5) is 5.69 Å². The summed E-state index contributed by atoms with van der Waals surface area (Å²) < 4.78 is 11.3. The van der Waals surface area contributed by atoms with Crippen LogP contribution in [-0.4, -0.2) is 44.8 Å². The number of ether oxygens (including phenoxy) is 2. The number of rotatable bonds is 6. The zero-order valence-corrected chi connectivity index (χ0v) is 14.2. The van der Waals surface area contributed by atoms with Gasteiger partial charge in [-0.05, 0) is 37.0 Å². The molecular formula is C16H25N3O2S. The average molecular weight is 323 g/mol. The van der Waals surface area contributed by atoms with Crippen LogP contribution >= 0.6 is 11.8 Å². The van der Waals surface area contributed by atoms with E-state index in [0.29, 0.717) is 13.2 Å². The topological polar surface area (TPSA) is 54.9 Å². The monoisotopic (exact) mass is 323 g/mol. The maximum absolute atomic E-state index is 5.70. The van der Waals surface area contributed by atoms with Crippen LogP contribution in [0.3, 0.4) is 0 Å². The van der Waals surface area contributed by atoms with E-state index in [0.717, 1.165) is 42.5 Å². The summed E-state index contributed by atoms with van der Waals surface area (Å²) in [5.74, 6) is 3.58. The number of benzene rings is 1. The molecule has 2 rings (SSSR count). The molecular weight excluding hydrogens is 298 g/mol. The normalized spacial score (nSPS) is 14.4. The van der Waals surface area contributed by atoms with Crippen molar-refractivity contribution in [3.63, 3.8) is 0 Å². The number of guanidine groups is 1. The molecule has 0 spiro atoms. The summed E-state index contributed by atoms with van der Waals surface area (Å²) in [4.78, 5) is 4.25. The third-order valence-corrected chi connectivity index (χ3v) is 4.00. The van der Waals surface area contributed by atoms with Crippen molar-refractivity contribution in [3.05, 3.63) is 18.2 Å². The molecule has 2 N–H and O–H groups in total. The van der Waals surface area contributed by atoms with Gasteiger partial charge in [-0.2, -0.15) is 11.8 Å². The standard InChI is InChI=1S/C16H25N3O2S/c1-17-16(18-8-3-4-11-22-2)19-13-6-7-14-15(12-13)21-10-5-9-20-14/h6-7,12H,3-5,8-11H2,1-2H3,(H2,17,18,19). The summed E-state index contributed by atoms with van der Waals surface area (Å²) in [6.45, 7) is 2.32. The van der Waals surface area contributed by atoms with Crippen LogP contribution in [0.2, 0.25) is 0 Å². The molecule has 1 aliphatic rings. The highest BCUT2D eigenvalue weighted by Gasteiger charge is 2.11. The molecule has 0 saturated heterocycles. The highest BCUT2D eigenvalue weighted by atomic mass is 32.2. The summed E-state index contributed by atoms with van der Waals surface area (Å²) in [7, 11) is 1.78. The van der Waals surface area contributed by atoms with Gasteiger partial charge in [-0.3, -0.25) is 4.99 Å². The third-order valence-electron chi connectivity index (χ3n) is 3.30. The lowest BCUT2D eigenvalue weighted by Gasteiger charge is -2.14. The summed E-state index contributed by atoms with van der Waals surface area (Å²) in [6.07, 6.45) is 5.41. The highest BCUT2D eigenvalue weighted by molar-refractivity contribution is 7.98. The van der Waals surface area contributed by atoms with E-state index in [1.165, 1.54) is 12.2 Å². The molecule has 5 nitrogen and oxygen atoms in total. The smallest absolute Gasteiger partial charge is 0.195 e. The second-order valence-corrected chi connectivity index (χ2v) is 6.02. The van der Waals surface area contributed by atoms with E-state index >= 15 is 0 Å². The Balaban J connectivity index is 1.87. The Morgan fingerprint density at radius 2 is 2.05 bits per heavy atom. The molecule has 6 heteroatoms. The van der Waals surface area contributed by atoms with Crippen LogP contribution < -0.4 is 20.1 Å². The van der Waals surface area contributed by atoms with Crippen LogP contribution in [-0.2, 0) is 0 Å². The molecule has 122 valence electrons. The molecule has 1 aromatic rings. The van der Waals surface area contributed by atoms with Crippen molar-refractivity contribution in [1.29, 1.82) is 0 Å². The molecule has 0 radical (unpaired) electrons. The number of anilines is 1. The molecule has 0 fully saturated rings. The van der Waals surface area contributed by atoms with E-state index in [-0.39, 0.29) is 0 Å². The molecule has 22 heavy (non-hydrogen) atoms. The first-order valence-corrected chi connectivity index (χ1v) is 9.09. The largest absolute Gasteiger partial charge is 0.490 e. The van der Waals surface area contributed by atoms with Gasteiger partial charge in [0.2, 0.25) is 0 Å². The first kappa shape index (κ1) is 16.8. The summed E-state index contributed by atoms with van der Waals surface area (Å²) in [6, 6.07) is 5.88. The number of thioether (sulfide) groups is 1. The Morgan fingerprint density at radius 3 is 2.82 bits per heavy atom. The van der Waals surface area contributed by atoms with E-state index in [1.54, 1.807) is 7.05 Å². The fraction of sp³-hybridized carbons (Fsp3) is 0.562. The third kappa shape index (κ3) is 5.33. The van der Waals surface area contributed by atoms with E-state index in [2.05, 4.69) is 21.9 Å². The fourth-order valence-electron chi connectivity index (χ4n) is 2.14. The summed E-state index contributed by atoms with van der Waals surface area (Å²) in [5, 5.41) is 6.62. The van der Waals surface area contributed by atoms with Crippen LogP contribution in [0.1, 0.15) is 19.3 Å². The number of hydrogen-bond donors (Lipinski definition) is 2. The lowest BCUT2D eigenvalue weighted by Crippen LogP contribution is -2.31. The maximum atomic E-state index is 5.70. The van der Waals surface area contributed by atoms with Crippen LogP contribution in [0, 0.1) is 0 Å². The number of unbranched alkanes of at least 4 members (excludes halogenated alkanes) is 1. The highest BCUT2D eigenvalue weighted by Crippen LogP contribution is 2.32. The van der Waals surface area contributed by atoms with Crippen molar-refractivity contribution in [2.75, 3.05) is 44.1 Å². The molecule has 0 atom stereocenters. The van der Waals surface area contributed by atoms with Gasteiger partial charge in [-0.1, -0.05) is 0 Å².